The third kappa shape index (κ3) is 10.4. The SMILES string of the molecule is O=C(O)CCCC(=O)Nc1ccc(/C=C/c2ccc(NC(=O)CC(CC(=O)O)c3ccc([N+](=O)[O-])cc3)cc2)cc1. The zero-order valence-corrected chi connectivity index (χ0v) is 22.0. The summed E-state index contributed by atoms with van der Waals surface area (Å²) < 4.78 is 0. The summed E-state index contributed by atoms with van der Waals surface area (Å²) in [5.41, 5.74) is 3.32. The summed E-state index contributed by atoms with van der Waals surface area (Å²) in [5.74, 6) is -3.29. The van der Waals surface area contributed by atoms with Gasteiger partial charge in [-0.2, -0.15) is 0 Å². The van der Waals surface area contributed by atoms with Crippen LogP contribution in [0.1, 0.15) is 54.7 Å². The molecule has 3 rings (SSSR count). The second-order valence-corrected chi connectivity index (χ2v) is 9.27. The molecule has 1 unspecified atom stereocenters. The van der Waals surface area contributed by atoms with Gasteiger partial charge in [0.2, 0.25) is 11.8 Å². The molecule has 0 radical (unpaired) electrons. The Bertz CT molecular complexity index is 1420. The van der Waals surface area contributed by atoms with Crippen LogP contribution in [0, 0.1) is 10.1 Å². The Morgan fingerprint density at radius 2 is 1.22 bits per heavy atom. The Labute approximate surface area is 235 Å². The van der Waals surface area contributed by atoms with Crippen molar-refractivity contribution in [2.75, 3.05) is 10.6 Å². The van der Waals surface area contributed by atoms with Gasteiger partial charge >= 0.3 is 11.9 Å². The predicted molar refractivity (Wildman–Crippen MR) is 153 cm³/mol. The topological polar surface area (TPSA) is 176 Å². The summed E-state index contributed by atoms with van der Waals surface area (Å²) in [7, 11) is 0. The van der Waals surface area contributed by atoms with Crippen LogP contribution in [0.25, 0.3) is 12.2 Å². The number of nitro benzene ring substituents is 1. The largest absolute Gasteiger partial charge is 0.481 e. The predicted octanol–water partition coefficient (Wildman–Crippen LogP) is 5.55. The van der Waals surface area contributed by atoms with Crippen molar-refractivity contribution in [1.29, 1.82) is 0 Å². The van der Waals surface area contributed by atoms with E-state index in [4.69, 9.17) is 5.11 Å². The minimum absolute atomic E-state index is 0.0535. The third-order valence-corrected chi connectivity index (χ3v) is 6.08. The van der Waals surface area contributed by atoms with Crippen molar-refractivity contribution in [2.45, 2.75) is 38.0 Å². The van der Waals surface area contributed by atoms with Gasteiger partial charge in [0.1, 0.15) is 0 Å². The first-order valence-electron chi connectivity index (χ1n) is 12.7. The van der Waals surface area contributed by atoms with Gasteiger partial charge in [-0.05, 0) is 47.4 Å². The smallest absolute Gasteiger partial charge is 0.303 e. The van der Waals surface area contributed by atoms with Crippen molar-refractivity contribution in [2.24, 2.45) is 0 Å². The van der Waals surface area contributed by atoms with Gasteiger partial charge in [-0.15, -0.1) is 0 Å². The average molecular weight is 560 g/mol. The van der Waals surface area contributed by atoms with E-state index < -0.39 is 22.8 Å². The second-order valence-electron chi connectivity index (χ2n) is 9.27. The Morgan fingerprint density at radius 3 is 1.68 bits per heavy atom. The van der Waals surface area contributed by atoms with Crippen LogP contribution in [0.2, 0.25) is 0 Å². The fourth-order valence-electron chi connectivity index (χ4n) is 3.99. The van der Waals surface area contributed by atoms with Crippen LogP contribution in [0.5, 0.6) is 0 Å². The second kappa shape index (κ2) is 14.7. The molecule has 0 aliphatic heterocycles. The molecule has 2 amide bonds. The quantitative estimate of drug-likeness (QED) is 0.113. The molecule has 212 valence electrons. The molecule has 11 nitrogen and oxygen atoms in total. The number of anilines is 2. The van der Waals surface area contributed by atoms with Crippen molar-refractivity contribution in [3.63, 3.8) is 0 Å². The number of non-ortho nitro benzene ring substituents is 1. The summed E-state index contributed by atoms with van der Waals surface area (Å²) in [6.07, 6.45) is 3.71. The number of carbonyl (C=O) groups is 4. The minimum atomic E-state index is -1.08. The van der Waals surface area contributed by atoms with E-state index in [0.29, 0.717) is 16.9 Å². The lowest BCUT2D eigenvalue weighted by Gasteiger charge is -2.15. The molecule has 41 heavy (non-hydrogen) atoms. The molecule has 0 saturated heterocycles. The summed E-state index contributed by atoms with van der Waals surface area (Å²) in [6.45, 7) is 0. The first kappa shape index (κ1) is 30.2. The van der Waals surface area contributed by atoms with Crippen LogP contribution >= 0.6 is 0 Å². The highest BCUT2D eigenvalue weighted by atomic mass is 16.6. The molecular formula is C30H29N3O8. The van der Waals surface area contributed by atoms with E-state index in [0.717, 1.165) is 11.1 Å². The fourth-order valence-corrected chi connectivity index (χ4v) is 3.99. The van der Waals surface area contributed by atoms with Crippen LogP contribution in [0.15, 0.2) is 72.8 Å². The van der Waals surface area contributed by atoms with Gasteiger partial charge in [-0.1, -0.05) is 48.6 Å². The first-order chi connectivity index (χ1) is 19.6. The zero-order valence-electron chi connectivity index (χ0n) is 22.0. The van der Waals surface area contributed by atoms with Crippen LogP contribution < -0.4 is 10.6 Å². The molecule has 3 aromatic carbocycles. The molecule has 0 bridgehead atoms. The number of aliphatic carboxylic acids is 2. The number of nitrogens with zero attached hydrogens (tertiary/aromatic N) is 1. The highest BCUT2D eigenvalue weighted by molar-refractivity contribution is 5.92. The Hall–Kier alpha value is -5.32. The molecule has 0 aromatic heterocycles. The Morgan fingerprint density at radius 1 is 0.707 bits per heavy atom. The maximum Gasteiger partial charge on any atom is 0.303 e. The van der Waals surface area contributed by atoms with Gasteiger partial charge in [-0.25, -0.2) is 0 Å². The lowest BCUT2D eigenvalue weighted by Crippen LogP contribution is -2.17. The molecule has 4 N–H and O–H groups in total. The highest BCUT2D eigenvalue weighted by Gasteiger charge is 2.20. The van der Waals surface area contributed by atoms with Gasteiger partial charge < -0.3 is 20.8 Å². The van der Waals surface area contributed by atoms with Crippen molar-refractivity contribution in [1.82, 2.24) is 0 Å². The number of rotatable bonds is 14. The summed E-state index contributed by atoms with van der Waals surface area (Å²) in [5, 5.41) is 34.3. The number of carboxylic acid groups (broad SMARTS) is 2. The number of carbonyl (C=O) groups excluding carboxylic acids is 2. The number of hydrogen-bond donors (Lipinski definition) is 4. The van der Waals surface area contributed by atoms with Gasteiger partial charge in [0, 0.05) is 48.7 Å². The van der Waals surface area contributed by atoms with Crippen LogP contribution in [0.3, 0.4) is 0 Å². The summed E-state index contributed by atoms with van der Waals surface area (Å²) in [6, 6.07) is 19.7. The molecule has 11 heteroatoms. The van der Waals surface area contributed by atoms with Crippen LogP contribution in [-0.2, 0) is 19.2 Å². The van der Waals surface area contributed by atoms with Gasteiger partial charge in [0.25, 0.3) is 5.69 Å². The normalized spacial score (nSPS) is 11.5. The Balaban J connectivity index is 1.53. The lowest BCUT2D eigenvalue weighted by atomic mass is 9.92. The van der Waals surface area contributed by atoms with E-state index >= 15 is 0 Å². The molecule has 0 aliphatic carbocycles. The number of amides is 2. The maximum absolute atomic E-state index is 12.6. The van der Waals surface area contributed by atoms with Crippen molar-refractivity contribution in [3.8, 4) is 0 Å². The summed E-state index contributed by atoms with van der Waals surface area (Å²) >= 11 is 0. The molecule has 0 aliphatic rings. The molecule has 0 spiro atoms. The van der Waals surface area contributed by atoms with E-state index in [1.165, 1.54) is 24.3 Å². The minimum Gasteiger partial charge on any atom is -0.481 e. The van der Waals surface area contributed by atoms with E-state index in [9.17, 15) is 34.4 Å². The maximum atomic E-state index is 12.6. The first-order valence-corrected chi connectivity index (χ1v) is 12.7. The summed E-state index contributed by atoms with van der Waals surface area (Å²) in [4.78, 5) is 56.7. The standard InChI is InChI=1S/C30H29N3O8/c34-27(2-1-3-29(36)37)31-24-12-6-20(7-13-24)4-5-21-8-14-25(15-9-21)32-28(35)18-23(19-30(38)39)22-10-16-26(17-11-22)33(40)41/h4-17,23H,1-3,18-19H2,(H,31,34)(H,32,35)(H,36,37)(H,38,39)/b5-4+. The number of carboxylic acids is 2. The van der Waals surface area contributed by atoms with Crippen LogP contribution in [0.4, 0.5) is 17.1 Å². The fraction of sp³-hybridized carbons (Fsp3) is 0.200. The van der Waals surface area contributed by atoms with Crippen molar-refractivity contribution < 1.29 is 34.3 Å². The monoisotopic (exact) mass is 559 g/mol. The van der Waals surface area contributed by atoms with Crippen molar-refractivity contribution >= 4 is 53.0 Å². The number of hydrogen-bond acceptors (Lipinski definition) is 6. The lowest BCUT2D eigenvalue weighted by molar-refractivity contribution is -0.384. The van der Waals surface area contributed by atoms with Gasteiger partial charge in [0.15, 0.2) is 0 Å². The van der Waals surface area contributed by atoms with Crippen molar-refractivity contribution in [3.05, 3.63) is 99.6 Å². The Kier molecular flexibility index (Phi) is 10.9. The average Bonchev–Trinajstić information content (AvgIpc) is 2.92. The molecule has 0 fully saturated rings. The molecule has 0 heterocycles. The molecule has 3 aromatic rings. The number of nitrogens with one attached hydrogen (secondary N) is 2. The van der Waals surface area contributed by atoms with E-state index in [1.54, 1.807) is 24.3 Å². The van der Waals surface area contributed by atoms with E-state index in [-0.39, 0.29) is 49.6 Å². The molecule has 0 saturated carbocycles. The van der Waals surface area contributed by atoms with Crippen LogP contribution in [-0.4, -0.2) is 38.9 Å². The molecular weight excluding hydrogens is 530 g/mol. The van der Waals surface area contributed by atoms with Gasteiger partial charge in [-0.3, -0.25) is 29.3 Å². The zero-order chi connectivity index (χ0) is 29.8. The van der Waals surface area contributed by atoms with E-state index in [2.05, 4.69) is 10.6 Å². The highest BCUT2D eigenvalue weighted by Crippen LogP contribution is 2.26. The van der Waals surface area contributed by atoms with E-state index in [1.807, 2.05) is 36.4 Å². The number of benzene rings is 3. The van der Waals surface area contributed by atoms with Gasteiger partial charge in [0.05, 0.1) is 11.3 Å². The number of nitro groups is 1. The third-order valence-electron chi connectivity index (χ3n) is 6.08. The molecule has 1 atom stereocenters.